The van der Waals surface area contributed by atoms with Gasteiger partial charge in [0, 0.05) is 12.4 Å². The quantitative estimate of drug-likeness (QED) is 0.836. The Kier molecular flexibility index (Phi) is 2.92. The molecule has 1 heterocycles. The Morgan fingerprint density at radius 2 is 1.94 bits per heavy atom. The lowest BCUT2D eigenvalue weighted by Crippen LogP contribution is -2.16. The zero-order valence-corrected chi connectivity index (χ0v) is 8.89. The predicted molar refractivity (Wildman–Crippen MR) is 59.2 cm³/mol. The molecule has 3 nitrogen and oxygen atoms in total. The largest absolute Gasteiger partial charge is 0.318 e. The van der Waals surface area contributed by atoms with Gasteiger partial charge in [-0.25, -0.2) is 14.4 Å². The van der Waals surface area contributed by atoms with E-state index in [9.17, 15) is 4.39 Å². The zero-order chi connectivity index (χ0) is 11.5. The maximum atomic E-state index is 13.1. The van der Waals surface area contributed by atoms with Gasteiger partial charge >= 0.3 is 0 Å². The lowest BCUT2D eigenvalue weighted by Gasteiger charge is -2.13. The Bertz CT molecular complexity index is 485. The fourth-order valence-electron chi connectivity index (χ4n) is 1.56. The molecule has 0 aliphatic heterocycles. The summed E-state index contributed by atoms with van der Waals surface area (Å²) in [5, 5.41) is 0. The average molecular weight is 217 g/mol. The van der Waals surface area contributed by atoms with Crippen LogP contribution >= 0.6 is 0 Å². The molecule has 16 heavy (non-hydrogen) atoms. The van der Waals surface area contributed by atoms with E-state index in [1.165, 1.54) is 12.1 Å². The molecule has 1 aromatic heterocycles. The molecule has 0 aliphatic rings. The van der Waals surface area contributed by atoms with Crippen LogP contribution in [0.2, 0.25) is 0 Å². The van der Waals surface area contributed by atoms with E-state index in [0.717, 1.165) is 5.56 Å². The molecule has 0 fully saturated rings. The molecule has 1 unspecified atom stereocenters. The third-order valence-corrected chi connectivity index (χ3v) is 2.44. The third-order valence-electron chi connectivity index (χ3n) is 2.44. The third kappa shape index (κ3) is 2.06. The summed E-state index contributed by atoms with van der Waals surface area (Å²) in [6.45, 7) is 1.89. The van der Waals surface area contributed by atoms with Gasteiger partial charge in [-0.15, -0.1) is 0 Å². The minimum Gasteiger partial charge on any atom is -0.318 e. The molecule has 2 aromatic rings. The van der Waals surface area contributed by atoms with Crippen LogP contribution in [-0.2, 0) is 0 Å². The standard InChI is InChI=1S/C12H12FN3/c1-8-3-4-9(13)7-10(8)11(14)12-15-5-2-6-16-12/h2-7,11H,14H2,1H3. The predicted octanol–water partition coefficient (Wildman–Crippen LogP) is 1.97. The van der Waals surface area contributed by atoms with Gasteiger partial charge in [-0.1, -0.05) is 6.07 Å². The lowest BCUT2D eigenvalue weighted by atomic mass is 10.0. The van der Waals surface area contributed by atoms with E-state index in [4.69, 9.17) is 5.73 Å². The molecular formula is C12H12FN3. The van der Waals surface area contributed by atoms with E-state index in [0.29, 0.717) is 11.4 Å². The van der Waals surface area contributed by atoms with Crippen LogP contribution < -0.4 is 5.73 Å². The molecule has 0 amide bonds. The fourth-order valence-corrected chi connectivity index (χ4v) is 1.56. The number of aryl methyl sites for hydroxylation is 1. The summed E-state index contributed by atoms with van der Waals surface area (Å²) in [4.78, 5) is 8.13. The summed E-state index contributed by atoms with van der Waals surface area (Å²) < 4.78 is 13.1. The van der Waals surface area contributed by atoms with E-state index < -0.39 is 6.04 Å². The van der Waals surface area contributed by atoms with Gasteiger partial charge < -0.3 is 5.73 Å². The Morgan fingerprint density at radius 1 is 1.25 bits per heavy atom. The zero-order valence-electron chi connectivity index (χ0n) is 8.89. The highest BCUT2D eigenvalue weighted by Gasteiger charge is 2.14. The van der Waals surface area contributed by atoms with E-state index >= 15 is 0 Å². The van der Waals surface area contributed by atoms with Crippen molar-refractivity contribution in [2.75, 3.05) is 0 Å². The van der Waals surface area contributed by atoms with Crippen LogP contribution in [0.3, 0.4) is 0 Å². The smallest absolute Gasteiger partial charge is 0.149 e. The molecule has 0 bridgehead atoms. The van der Waals surface area contributed by atoms with Crippen LogP contribution in [0, 0.1) is 12.7 Å². The first kappa shape index (κ1) is 10.7. The summed E-state index contributed by atoms with van der Waals surface area (Å²) in [5.41, 5.74) is 7.64. The number of hydrogen-bond acceptors (Lipinski definition) is 3. The van der Waals surface area contributed by atoms with E-state index in [1.807, 2.05) is 6.92 Å². The van der Waals surface area contributed by atoms with Gasteiger partial charge in [0.25, 0.3) is 0 Å². The van der Waals surface area contributed by atoms with Crippen LogP contribution in [0.25, 0.3) is 0 Å². The molecule has 1 aromatic carbocycles. The van der Waals surface area contributed by atoms with Crippen LogP contribution in [0.4, 0.5) is 4.39 Å². The van der Waals surface area contributed by atoms with Gasteiger partial charge in [-0.05, 0) is 36.2 Å². The Balaban J connectivity index is 2.41. The van der Waals surface area contributed by atoms with Gasteiger partial charge in [0.15, 0.2) is 0 Å². The van der Waals surface area contributed by atoms with E-state index in [1.54, 1.807) is 24.5 Å². The topological polar surface area (TPSA) is 51.8 Å². The number of benzene rings is 1. The maximum absolute atomic E-state index is 13.1. The van der Waals surface area contributed by atoms with Crippen molar-refractivity contribution >= 4 is 0 Å². The molecule has 0 radical (unpaired) electrons. The van der Waals surface area contributed by atoms with Crippen molar-refractivity contribution in [3.8, 4) is 0 Å². The first-order chi connectivity index (χ1) is 7.68. The molecule has 2 rings (SSSR count). The number of nitrogens with two attached hydrogens (primary N) is 1. The monoisotopic (exact) mass is 217 g/mol. The van der Waals surface area contributed by atoms with Crippen molar-refractivity contribution in [3.05, 3.63) is 59.4 Å². The van der Waals surface area contributed by atoms with Crippen molar-refractivity contribution in [3.63, 3.8) is 0 Å². The molecule has 1 atom stereocenters. The summed E-state index contributed by atoms with van der Waals surface area (Å²) >= 11 is 0. The summed E-state index contributed by atoms with van der Waals surface area (Å²) in [6.07, 6.45) is 3.24. The number of hydrogen-bond donors (Lipinski definition) is 1. The molecule has 82 valence electrons. The van der Waals surface area contributed by atoms with Gasteiger partial charge in [0.2, 0.25) is 0 Å². The minimum absolute atomic E-state index is 0.299. The van der Waals surface area contributed by atoms with Gasteiger partial charge in [-0.3, -0.25) is 0 Å². The highest BCUT2D eigenvalue weighted by atomic mass is 19.1. The summed E-state index contributed by atoms with van der Waals surface area (Å²) in [5.74, 6) is 0.197. The molecule has 0 saturated heterocycles. The number of nitrogens with zero attached hydrogens (tertiary/aromatic N) is 2. The molecule has 2 N–H and O–H groups in total. The second-order valence-corrected chi connectivity index (χ2v) is 3.59. The van der Waals surface area contributed by atoms with Crippen LogP contribution in [0.15, 0.2) is 36.7 Å². The number of rotatable bonds is 2. The van der Waals surface area contributed by atoms with Gasteiger partial charge in [0.1, 0.15) is 11.6 Å². The second kappa shape index (κ2) is 4.37. The lowest BCUT2D eigenvalue weighted by molar-refractivity contribution is 0.621. The molecule has 0 aliphatic carbocycles. The van der Waals surface area contributed by atoms with Crippen molar-refractivity contribution in [1.29, 1.82) is 0 Å². The molecular weight excluding hydrogens is 205 g/mol. The Morgan fingerprint density at radius 3 is 2.62 bits per heavy atom. The average Bonchev–Trinajstić information content (AvgIpc) is 2.32. The maximum Gasteiger partial charge on any atom is 0.149 e. The van der Waals surface area contributed by atoms with Crippen molar-refractivity contribution < 1.29 is 4.39 Å². The second-order valence-electron chi connectivity index (χ2n) is 3.59. The summed E-state index contributed by atoms with van der Waals surface area (Å²) in [7, 11) is 0. The normalized spacial score (nSPS) is 12.4. The first-order valence-electron chi connectivity index (χ1n) is 4.97. The molecule has 4 heteroatoms. The van der Waals surface area contributed by atoms with E-state index in [-0.39, 0.29) is 5.82 Å². The van der Waals surface area contributed by atoms with Crippen LogP contribution in [-0.4, -0.2) is 9.97 Å². The molecule has 0 spiro atoms. The molecule has 0 saturated carbocycles. The highest BCUT2D eigenvalue weighted by molar-refractivity contribution is 5.32. The highest BCUT2D eigenvalue weighted by Crippen LogP contribution is 2.20. The van der Waals surface area contributed by atoms with Gasteiger partial charge in [-0.2, -0.15) is 0 Å². The van der Waals surface area contributed by atoms with Crippen molar-refractivity contribution in [2.45, 2.75) is 13.0 Å². The Hall–Kier alpha value is -1.81. The fraction of sp³-hybridized carbons (Fsp3) is 0.167. The van der Waals surface area contributed by atoms with Crippen molar-refractivity contribution in [2.24, 2.45) is 5.73 Å². The number of halogens is 1. The van der Waals surface area contributed by atoms with Crippen LogP contribution in [0.5, 0.6) is 0 Å². The minimum atomic E-state index is -0.489. The van der Waals surface area contributed by atoms with Crippen molar-refractivity contribution in [1.82, 2.24) is 9.97 Å². The van der Waals surface area contributed by atoms with E-state index in [2.05, 4.69) is 9.97 Å². The first-order valence-corrected chi connectivity index (χ1v) is 4.97. The van der Waals surface area contributed by atoms with Crippen LogP contribution in [0.1, 0.15) is 23.0 Å². The Labute approximate surface area is 93.2 Å². The summed E-state index contributed by atoms with van der Waals surface area (Å²) in [6, 6.07) is 5.77. The van der Waals surface area contributed by atoms with Gasteiger partial charge in [0.05, 0.1) is 6.04 Å². The number of aromatic nitrogens is 2. The SMILES string of the molecule is Cc1ccc(F)cc1C(N)c1ncccn1.